The zero-order valence-corrected chi connectivity index (χ0v) is 8.08. The zero-order chi connectivity index (χ0) is 9.40. The summed E-state index contributed by atoms with van der Waals surface area (Å²) in [4.78, 5) is 13.1. The number of likely N-dealkylation sites (N-methyl/N-ethyl adjacent to an activating group) is 1. The van der Waals surface area contributed by atoms with Crippen molar-refractivity contribution in [2.75, 3.05) is 13.1 Å². The quantitative estimate of drug-likeness (QED) is 0.463. The van der Waals surface area contributed by atoms with E-state index in [2.05, 4.69) is 0 Å². The fourth-order valence-corrected chi connectivity index (χ4v) is 0.890. The molecule has 0 N–H and O–H groups in total. The van der Waals surface area contributed by atoms with Crippen LogP contribution < -0.4 is 0 Å². The number of rotatable bonds is 4. The van der Waals surface area contributed by atoms with Crippen LogP contribution in [0.5, 0.6) is 0 Å². The maximum absolute atomic E-state index is 11.3. The van der Waals surface area contributed by atoms with Gasteiger partial charge in [0.1, 0.15) is 0 Å². The van der Waals surface area contributed by atoms with Crippen molar-refractivity contribution < 1.29 is 4.79 Å². The van der Waals surface area contributed by atoms with Crippen LogP contribution in [0.1, 0.15) is 20.8 Å². The summed E-state index contributed by atoms with van der Waals surface area (Å²) in [6, 6.07) is 0. The second kappa shape index (κ2) is 6.65. The number of amides is 1. The minimum Gasteiger partial charge on any atom is -0.340 e. The third kappa shape index (κ3) is 3.96. The topological polar surface area (TPSA) is 20.3 Å². The van der Waals surface area contributed by atoms with Gasteiger partial charge in [-0.1, -0.05) is 18.2 Å². The van der Waals surface area contributed by atoms with Gasteiger partial charge >= 0.3 is 0 Å². The number of nitrogens with zero attached hydrogens (tertiary/aromatic N) is 1. The van der Waals surface area contributed by atoms with Crippen molar-refractivity contribution >= 4 is 5.91 Å². The van der Waals surface area contributed by atoms with Gasteiger partial charge in [-0.15, -0.1) is 0 Å². The van der Waals surface area contributed by atoms with Gasteiger partial charge in [0.15, 0.2) is 0 Å². The van der Waals surface area contributed by atoms with Gasteiger partial charge in [-0.05, 0) is 20.8 Å². The SMILES string of the molecule is C/C=C/C=C/C(=O)N(CC)CC. The van der Waals surface area contributed by atoms with Crippen LogP contribution in [-0.4, -0.2) is 23.9 Å². The minimum atomic E-state index is 0.0816. The summed E-state index contributed by atoms with van der Waals surface area (Å²) < 4.78 is 0. The summed E-state index contributed by atoms with van der Waals surface area (Å²) in [6.45, 7) is 7.42. The molecule has 0 saturated carbocycles. The molecule has 0 atom stereocenters. The van der Waals surface area contributed by atoms with Gasteiger partial charge in [-0.3, -0.25) is 4.79 Å². The molecule has 0 radical (unpaired) electrons. The molecule has 0 aromatic heterocycles. The van der Waals surface area contributed by atoms with Crippen LogP contribution in [0, 0.1) is 0 Å². The third-order valence-electron chi connectivity index (χ3n) is 1.62. The normalized spacial score (nSPS) is 11.2. The molecule has 68 valence electrons. The highest BCUT2D eigenvalue weighted by Gasteiger charge is 2.02. The van der Waals surface area contributed by atoms with E-state index in [9.17, 15) is 4.79 Å². The smallest absolute Gasteiger partial charge is 0.246 e. The number of hydrogen-bond acceptors (Lipinski definition) is 1. The molecular weight excluding hydrogens is 150 g/mol. The summed E-state index contributed by atoms with van der Waals surface area (Å²) in [5.74, 6) is 0.0816. The monoisotopic (exact) mass is 167 g/mol. The van der Waals surface area contributed by atoms with Crippen LogP contribution in [-0.2, 0) is 4.79 Å². The fraction of sp³-hybridized carbons (Fsp3) is 0.500. The van der Waals surface area contributed by atoms with Crippen molar-refractivity contribution in [1.29, 1.82) is 0 Å². The summed E-state index contributed by atoms with van der Waals surface area (Å²) in [5, 5.41) is 0. The summed E-state index contributed by atoms with van der Waals surface area (Å²) in [5.41, 5.74) is 0. The van der Waals surface area contributed by atoms with Crippen LogP contribution in [0.25, 0.3) is 0 Å². The highest BCUT2D eigenvalue weighted by molar-refractivity contribution is 5.87. The van der Waals surface area contributed by atoms with Crippen molar-refractivity contribution in [3.63, 3.8) is 0 Å². The number of carbonyl (C=O) groups excluding carboxylic acids is 1. The van der Waals surface area contributed by atoms with E-state index in [-0.39, 0.29) is 5.91 Å². The van der Waals surface area contributed by atoms with Crippen LogP contribution in [0.15, 0.2) is 24.3 Å². The minimum absolute atomic E-state index is 0.0816. The van der Waals surface area contributed by atoms with E-state index in [1.54, 1.807) is 17.1 Å². The van der Waals surface area contributed by atoms with Crippen LogP contribution >= 0.6 is 0 Å². The molecule has 1 amide bonds. The molecular formula is C10H17NO. The fourth-order valence-electron chi connectivity index (χ4n) is 0.890. The van der Waals surface area contributed by atoms with Gasteiger partial charge in [0.05, 0.1) is 0 Å². The Morgan fingerprint density at radius 1 is 1.25 bits per heavy atom. The molecule has 0 spiro atoms. The largest absolute Gasteiger partial charge is 0.340 e. The van der Waals surface area contributed by atoms with E-state index in [1.807, 2.05) is 32.9 Å². The molecule has 0 rings (SSSR count). The van der Waals surface area contributed by atoms with Gasteiger partial charge in [0.25, 0.3) is 0 Å². The van der Waals surface area contributed by atoms with E-state index < -0.39 is 0 Å². The Hall–Kier alpha value is -1.05. The Labute approximate surface area is 74.6 Å². The maximum atomic E-state index is 11.3. The van der Waals surface area contributed by atoms with Crippen LogP contribution in [0.2, 0.25) is 0 Å². The van der Waals surface area contributed by atoms with Crippen molar-refractivity contribution in [1.82, 2.24) is 4.90 Å². The van der Waals surface area contributed by atoms with Crippen LogP contribution in [0.4, 0.5) is 0 Å². The van der Waals surface area contributed by atoms with Gasteiger partial charge < -0.3 is 4.90 Å². The summed E-state index contributed by atoms with van der Waals surface area (Å²) >= 11 is 0. The standard InChI is InChI=1S/C10H17NO/c1-4-7-8-9-10(12)11(5-2)6-3/h4,7-9H,5-6H2,1-3H3/b7-4+,9-8+. The highest BCUT2D eigenvalue weighted by Crippen LogP contribution is 1.90. The first-order chi connectivity index (χ1) is 5.76. The summed E-state index contributed by atoms with van der Waals surface area (Å²) in [7, 11) is 0. The number of hydrogen-bond donors (Lipinski definition) is 0. The highest BCUT2D eigenvalue weighted by atomic mass is 16.2. The Morgan fingerprint density at radius 2 is 1.83 bits per heavy atom. The van der Waals surface area contributed by atoms with E-state index in [1.165, 1.54) is 0 Å². The Balaban J connectivity index is 4.00. The van der Waals surface area contributed by atoms with Crippen molar-refractivity contribution in [2.45, 2.75) is 20.8 Å². The Morgan fingerprint density at radius 3 is 2.25 bits per heavy atom. The summed E-state index contributed by atoms with van der Waals surface area (Å²) in [6.07, 6.45) is 7.10. The lowest BCUT2D eigenvalue weighted by molar-refractivity contribution is -0.125. The van der Waals surface area contributed by atoms with Crippen LogP contribution in [0.3, 0.4) is 0 Å². The molecule has 0 unspecified atom stereocenters. The van der Waals surface area contributed by atoms with Crippen molar-refractivity contribution in [3.8, 4) is 0 Å². The first kappa shape index (κ1) is 11.0. The predicted octanol–water partition coefficient (Wildman–Crippen LogP) is 1.99. The number of allylic oxidation sites excluding steroid dienone is 3. The molecule has 0 aliphatic heterocycles. The molecule has 0 bridgehead atoms. The Bertz CT molecular complexity index is 178. The molecule has 0 fully saturated rings. The average Bonchev–Trinajstić information content (AvgIpc) is 2.07. The molecule has 12 heavy (non-hydrogen) atoms. The van der Waals surface area contributed by atoms with E-state index in [4.69, 9.17) is 0 Å². The molecule has 0 aromatic carbocycles. The lowest BCUT2D eigenvalue weighted by Gasteiger charge is -2.15. The van der Waals surface area contributed by atoms with Gasteiger partial charge in [-0.25, -0.2) is 0 Å². The molecule has 0 aliphatic rings. The van der Waals surface area contributed by atoms with Gasteiger partial charge in [0.2, 0.25) is 5.91 Å². The molecule has 2 heteroatoms. The lowest BCUT2D eigenvalue weighted by atomic mass is 10.4. The van der Waals surface area contributed by atoms with Gasteiger partial charge in [-0.2, -0.15) is 0 Å². The van der Waals surface area contributed by atoms with E-state index in [0.29, 0.717) is 0 Å². The molecule has 0 saturated heterocycles. The average molecular weight is 167 g/mol. The Kier molecular flexibility index (Phi) is 6.07. The lowest BCUT2D eigenvalue weighted by Crippen LogP contribution is -2.28. The second-order valence-electron chi connectivity index (χ2n) is 2.40. The van der Waals surface area contributed by atoms with Crippen molar-refractivity contribution in [2.24, 2.45) is 0 Å². The predicted molar refractivity (Wildman–Crippen MR) is 51.9 cm³/mol. The molecule has 0 aromatic rings. The number of carbonyl (C=O) groups is 1. The molecule has 0 heterocycles. The molecule has 2 nitrogen and oxygen atoms in total. The van der Waals surface area contributed by atoms with E-state index in [0.717, 1.165) is 13.1 Å². The van der Waals surface area contributed by atoms with Gasteiger partial charge in [0, 0.05) is 19.2 Å². The molecule has 0 aliphatic carbocycles. The second-order valence-corrected chi connectivity index (χ2v) is 2.40. The maximum Gasteiger partial charge on any atom is 0.246 e. The zero-order valence-electron chi connectivity index (χ0n) is 8.08. The first-order valence-electron chi connectivity index (χ1n) is 4.34. The van der Waals surface area contributed by atoms with E-state index >= 15 is 0 Å². The third-order valence-corrected chi connectivity index (χ3v) is 1.62. The first-order valence-corrected chi connectivity index (χ1v) is 4.34. The van der Waals surface area contributed by atoms with Crippen molar-refractivity contribution in [3.05, 3.63) is 24.3 Å².